The molecule has 3 aromatic rings. The summed E-state index contributed by atoms with van der Waals surface area (Å²) in [6, 6.07) is 7.76. The van der Waals surface area contributed by atoms with Gasteiger partial charge in [-0.15, -0.1) is 0 Å². The van der Waals surface area contributed by atoms with Crippen molar-refractivity contribution in [3.05, 3.63) is 93.0 Å². The normalized spacial score (nSPS) is 18.9. The molecule has 0 aliphatic heterocycles. The van der Waals surface area contributed by atoms with Crippen LogP contribution in [0.3, 0.4) is 0 Å². The highest BCUT2D eigenvalue weighted by Gasteiger charge is 2.62. The van der Waals surface area contributed by atoms with Gasteiger partial charge < -0.3 is 9.84 Å². The number of hydrogen-bond donors (Lipinski definition) is 1. The van der Waals surface area contributed by atoms with Crippen molar-refractivity contribution in [2.24, 2.45) is 22.7 Å². The number of aromatic nitrogens is 3. The molecule has 0 saturated heterocycles. The second-order valence-corrected chi connectivity index (χ2v) is 14.1. The first-order valence-electron chi connectivity index (χ1n) is 14.7. The van der Waals surface area contributed by atoms with Gasteiger partial charge in [-0.3, -0.25) is 9.48 Å². The van der Waals surface area contributed by atoms with E-state index in [0.29, 0.717) is 19.0 Å². The molecular formula is C33H36Cl2F7N3O3. The second kappa shape index (κ2) is 14.8. The van der Waals surface area contributed by atoms with Crippen molar-refractivity contribution < 1.29 is 45.4 Å². The number of ether oxygens (including phenoxy) is 1. The molecule has 1 aromatic heterocycles. The van der Waals surface area contributed by atoms with E-state index in [4.69, 9.17) is 27.9 Å². The lowest BCUT2D eigenvalue weighted by molar-refractivity contribution is -0.147. The molecule has 15 heteroatoms. The average molecular weight is 727 g/mol. The number of carbonyl (C=O) groups is 1. The number of rotatable bonds is 9. The van der Waals surface area contributed by atoms with E-state index in [0.717, 1.165) is 18.4 Å². The van der Waals surface area contributed by atoms with E-state index in [1.807, 2.05) is 45.0 Å². The van der Waals surface area contributed by atoms with Crippen molar-refractivity contribution in [2.45, 2.75) is 79.3 Å². The van der Waals surface area contributed by atoms with Crippen LogP contribution in [0.1, 0.15) is 57.7 Å². The molecule has 1 fully saturated rings. The van der Waals surface area contributed by atoms with Crippen molar-refractivity contribution in [1.29, 1.82) is 0 Å². The summed E-state index contributed by atoms with van der Waals surface area (Å²) in [6.45, 7) is 9.26. The van der Waals surface area contributed by atoms with Crippen LogP contribution in [0.15, 0.2) is 48.0 Å². The van der Waals surface area contributed by atoms with Gasteiger partial charge in [0.25, 0.3) is 0 Å². The Kier molecular flexibility index (Phi) is 12.1. The van der Waals surface area contributed by atoms with Gasteiger partial charge in [-0.1, -0.05) is 76.0 Å². The first-order chi connectivity index (χ1) is 22.0. The molecule has 3 unspecified atom stereocenters. The molecule has 4 rings (SSSR count). The van der Waals surface area contributed by atoms with E-state index >= 15 is 0 Å². The van der Waals surface area contributed by atoms with Crippen molar-refractivity contribution in [1.82, 2.24) is 14.8 Å². The predicted molar refractivity (Wildman–Crippen MR) is 166 cm³/mol. The monoisotopic (exact) mass is 725 g/mol. The minimum absolute atomic E-state index is 0.259. The van der Waals surface area contributed by atoms with E-state index in [1.165, 1.54) is 25.7 Å². The number of halogens is 9. The molecule has 2 aromatic carbocycles. The first kappa shape index (κ1) is 39.3. The topological polar surface area (TPSA) is 77.2 Å². The summed E-state index contributed by atoms with van der Waals surface area (Å²) in [5, 5.41) is 14.6. The predicted octanol–water partition coefficient (Wildman–Crippen LogP) is 8.89. The maximum absolute atomic E-state index is 13.8. The van der Waals surface area contributed by atoms with Crippen molar-refractivity contribution >= 4 is 29.2 Å². The summed E-state index contributed by atoms with van der Waals surface area (Å²) in [5.74, 6) is -9.68. The largest absolute Gasteiger partial charge is 0.460 e. The summed E-state index contributed by atoms with van der Waals surface area (Å²) in [5.41, 5.74) is -2.88. The van der Waals surface area contributed by atoms with Crippen molar-refractivity contribution in [2.75, 3.05) is 0 Å². The standard InChI is InChI=1S/C17H14ClF7O2.C16H22ClN3O/c1-6-11(19)13(21)7(14(22)12(6)20)5-27-15(26)10-8(16(10,2)3)4-9(18)17(23,24)25;1-15(2,3)16(21,10-20-12-18-11-19-20)9-8-13-4-6-14(17)7-5-13/h4,8,10H,5H2,1-3H3;4-7,11-12,21H,8-10H2,1-3H3/b9-4-;. The van der Waals surface area contributed by atoms with Gasteiger partial charge in [0.2, 0.25) is 0 Å². The molecule has 0 bridgehead atoms. The molecule has 0 amide bonds. The number of alkyl halides is 3. The first-order valence-corrected chi connectivity index (χ1v) is 15.5. The summed E-state index contributed by atoms with van der Waals surface area (Å²) >= 11 is 11.1. The summed E-state index contributed by atoms with van der Waals surface area (Å²) in [7, 11) is 0. The fraction of sp³-hybridized carbons (Fsp3) is 0.485. The zero-order valence-electron chi connectivity index (χ0n) is 27.0. The van der Waals surface area contributed by atoms with Gasteiger partial charge >= 0.3 is 12.1 Å². The molecule has 1 saturated carbocycles. The Hall–Kier alpha value is -3.16. The van der Waals surface area contributed by atoms with Gasteiger partial charge in [0, 0.05) is 10.6 Å². The van der Waals surface area contributed by atoms with Crippen LogP contribution in [0, 0.1) is 52.9 Å². The van der Waals surface area contributed by atoms with E-state index in [-0.39, 0.29) is 5.41 Å². The summed E-state index contributed by atoms with van der Waals surface area (Å²) in [4.78, 5) is 16.0. The average Bonchev–Trinajstić information content (AvgIpc) is 3.27. The molecule has 1 N–H and O–H groups in total. The van der Waals surface area contributed by atoms with Crippen LogP contribution in [0.5, 0.6) is 0 Å². The number of esters is 1. The Labute approximate surface area is 283 Å². The Morgan fingerprint density at radius 3 is 2.08 bits per heavy atom. The van der Waals surface area contributed by atoms with Crippen LogP contribution < -0.4 is 0 Å². The zero-order chi connectivity index (χ0) is 36.4. The van der Waals surface area contributed by atoms with Gasteiger partial charge in [0.15, 0.2) is 23.3 Å². The lowest BCUT2D eigenvalue weighted by Gasteiger charge is -2.40. The van der Waals surface area contributed by atoms with Crippen molar-refractivity contribution in [3.8, 4) is 0 Å². The van der Waals surface area contributed by atoms with Gasteiger partial charge in [-0.05, 0) is 54.2 Å². The van der Waals surface area contributed by atoms with E-state index < -0.39 is 81.0 Å². The fourth-order valence-electron chi connectivity index (χ4n) is 5.11. The summed E-state index contributed by atoms with van der Waals surface area (Å²) < 4.78 is 98.5. The third kappa shape index (κ3) is 9.09. The fourth-order valence-corrected chi connectivity index (χ4v) is 5.38. The minimum Gasteiger partial charge on any atom is -0.460 e. The van der Waals surface area contributed by atoms with Crippen LogP contribution >= 0.6 is 23.2 Å². The Morgan fingerprint density at radius 2 is 1.60 bits per heavy atom. The van der Waals surface area contributed by atoms with Gasteiger partial charge in [0.05, 0.1) is 23.6 Å². The number of nitrogens with zero attached hydrogens (tertiary/aromatic N) is 3. The highest BCUT2D eigenvalue weighted by Crippen LogP contribution is 2.60. The molecular weight excluding hydrogens is 690 g/mol. The molecule has 48 heavy (non-hydrogen) atoms. The Morgan fingerprint density at radius 1 is 1.04 bits per heavy atom. The number of benzene rings is 2. The maximum Gasteiger partial charge on any atom is 0.426 e. The van der Waals surface area contributed by atoms with Crippen LogP contribution in [0.25, 0.3) is 0 Å². The van der Waals surface area contributed by atoms with Gasteiger partial charge in [0.1, 0.15) is 24.3 Å². The van der Waals surface area contributed by atoms with E-state index in [1.54, 1.807) is 11.0 Å². The number of aliphatic hydroxyl groups is 1. The minimum atomic E-state index is -4.78. The van der Waals surface area contributed by atoms with Gasteiger partial charge in [-0.25, -0.2) is 22.5 Å². The maximum atomic E-state index is 13.8. The molecule has 264 valence electrons. The SMILES string of the molecule is CC(C)(C)C(O)(CCc1ccc(Cl)cc1)Cn1cncn1.Cc1c(F)c(F)c(COC(=O)C2C(/C=C(\Cl)C(F)(F)F)C2(C)C)c(F)c1F. The van der Waals surface area contributed by atoms with Crippen LogP contribution in [0.2, 0.25) is 5.02 Å². The molecule has 1 aliphatic rings. The third-order valence-corrected chi connectivity index (χ3v) is 9.31. The third-order valence-electron chi connectivity index (χ3n) is 8.72. The lowest BCUT2D eigenvalue weighted by Crippen LogP contribution is -2.47. The number of carbonyl (C=O) groups excluding carboxylic acids is 1. The summed E-state index contributed by atoms with van der Waals surface area (Å²) in [6.07, 6.45) is 0.455. The molecule has 0 radical (unpaired) electrons. The highest BCUT2D eigenvalue weighted by molar-refractivity contribution is 6.30. The van der Waals surface area contributed by atoms with Crippen LogP contribution in [-0.4, -0.2) is 37.6 Å². The second-order valence-electron chi connectivity index (χ2n) is 13.3. The molecule has 6 nitrogen and oxygen atoms in total. The Bertz CT molecular complexity index is 1590. The quantitative estimate of drug-likeness (QED) is 0.136. The molecule has 0 spiro atoms. The highest BCUT2D eigenvalue weighted by atomic mass is 35.5. The molecule has 3 atom stereocenters. The van der Waals surface area contributed by atoms with E-state index in [9.17, 15) is 40.6 Å². The van der Waals surface area contributed by atoms with Crippen LogP contribution in [-0.2, 0) is 29.1 Å². The smallest absolute Gasteiger partial charge is 0.426 e. The Balaban J connectivity index is 0.000000269. The molecule has 1 heterocycles. The number of aryl methyl sites for hydroxylation is 1. The van der Waals surface area contributed by atoms with E-state index in [2.05, 4.69) is 10.1 Å². The van der Waals surface area contributed by atoms with Crippen LogP contribution in [0.4, 0.5) is 30.7 Å². The van der Waals surface area contributed by atoms with Gasteiger partial charge in [-0.2, -0.15) is 18.3 Å². The molecule has 1 aliphatic carbocycles. The number of allylic oxidation sites excluding steroid dienone is 2. The van der Waals surface area contributed by atoms with Crippen molar-refractivity contribution in [3.63, 3.8) is 0 Å². The number of hydrogen-bond acceptors (Lipinski definition) is 5. The lowest BCUT2D eigenvalue weighted by atomic mass is 9.73. The zero-order valence-corrected chi connectivity index (χ0v) is 28.5.